The summed E-state index contributed by atoms with van der Waals surface area (Å²) in [5.41, 5.74) is 0. The molecule has 0 bridgehead atoms. The lowest BCUT2D eigenvalue weighted by Gasteiger charge is -2.29. The summed E-state index contributed by atoms with van der Waals surface area (Å²) in [6.45, 7) is 5.91. The maximum atomic E-state index is 11.8. The van der Waals surface area contributed by atoms with Crippen molar-refractivity contribution in [2.75, 3.05) is 26.2 Å². The molecule has 0 spiro atoms. The molecule has 2 aliphatic heterocycles. The van der Waals surface area contributed by atoms with Crippen LogP contribution in [0.3, 0.4) is 0 Å². The lowest BCUT2D eigenvalue weighted by atomic mass is 10.0. The Morgan fingerprint density at radius 2 is 1.86 bits per heavy atom. The zero-order valence-corrected chi connectivity index (χ0v) is 17.6. The van der Waals surface area contributed by atoms with Crippen LogP contribution >= 0.6 is 0 Å². The predicted octanol–water partition coefficient (Wildman–Crippen LogP) is 2.19. The van der Waals surface area contributed by atoms with Crippen LogP contribution in [0.1, 0.15) is 77.6 Å². The van der Waals surface area contributed by atoms with Crippen molar-refractivity contribution in [1.29, 1.82) is 0 Å². The van der Waals surface area contributed by atoms with Gasteiger partial charge in [-0.05, 0) is 64.6 Å². The molecule has 0 aromatic carbocycles. The van der Waals surface area contributed by atoms with Crippen LogP contribution in [-0.2, 0) is 24.0 Å². The number of rotatable bonds is 13. The van der Waals surface area contributed by atoms with Crippen LogP contribution in [0, 0.1) is 0 Å². The van der Waals surface area contributed by atoms with Gasteiger partial charge in [0.15, 0.2) is 0 Å². The molecule has 2 saturated heterocycles. The van der Waals surface area contributed by atoms with Crippen molar-refractivity contribution >= 4 is 17.8 Å². The molecule has 8 nitrogen and oxygen atoms in total. The van der Waals surface area contributed by atoms with E-state index in [1.54, 1.807) is 0 Å². The average Bonchev–Trinajstić information content (AvgIpc) is 3.01. The number of unbranched alkanes of at least 4 members (excludes halogenated alkanes) is 2. The summed E-state index contributed by atoms with van der Waals surface area (Å²) < 4.78 is 5.67. The fourth-order valence-corrected chi connectivity index (χ4v) is 3.85. The molecule has 29 heavy (non-hydrogen) atoms. The first-order chi connectivity index (χ1) is 14.0. The number of nitrogens with zero attached hydrogens (tertiary/aromatic N) is 2. The van der Waals surface area contributed by atoms with Crippen molar-refractivity contribution in [3.05, 3.63) is 0 Å². The molecule has 2 aliphatic rings. The third kappa shape index (κ3) is 8.40. The molecule has 2 amide bonds. The molecule has 0 aromatic rings. The highest BCUT2D eigenvalue weighted by atomic mass is 16.7. The maximum Gasteiger partial charge on any atom is 0.333 e. The molecule has 0 aliphatic carbocycles. The van der Waals surface area contributed by atoms with Crippen LogP contribution in [-0.4, -0.2) is 71.3 Å². The van der Waals surface area contributed by atoms with Gasteiger partial charge in [-0.1, -0.05) is 13.3 Å². The van der Waals surface area contributed by atoms with Gasteiger partial charge in [0.1, 0.15) is 0 Å². The highest BCUT2D eigenvalue weighted by Crippen LogP contribution is 2.18. The van der Waals surface area contributed by atoms with Crippen molar-refractivity contribution in [3.63, 3.8) is 0 Å². The van der Waals surface area contributed by atoms with E-state index in [2.05, 4.69) is 11.8 Å². The van der Waals surface area contributed by atoms with Crippen molar-refractivity contribution in [3.8, 4) is 0 Å². The van der Waals surface area contributed by atoms with Crippen LogP contribution in [0.4, 0.5) is 0 Å². The third-order valence-electron chi connectivity index (χ3n) is 5.46. The first-order valence-corrected chi connectivity index (χ1v) is 11.1. The first kappa shape index (κ1) is 23.8. The number of aliphatic hydroxyl groups excluding tert-OH is 1. The Morgan fingerprint density at radius 3 is 2.55 bits per heavy atom. The summed E-state index contributed by atoms with van der Waals surface area (Å²) in [6.07, 6.45) is 7.42. The monoisotopic (exact) mass is 412 g/mol. The van der Waals surface area contributed by atoms with Gasteiger partial charge in [-0.2, -0.15) is 0 Å². The second-order valence-electron chi connectivity index (χ2n) is 7.96. The van der Waals surface area contributed by atoms with Gasteiger partial charge in [-0.15, -0.1) is 5.06 Å². The van der Waals surface area contributed by atoms with Crippen LogP contribution in [0.5, 0.6) is 0 Å². The Balaban J connectivity index is 1.55. The van der Waals surface area contributed by atoms with Gasteiger partial charge in [0.25, 0.3) is 11.8 Å². The molecule has 2 heterocycles. The number of ether oxygens (including phenoxy) is 1. The van der Waals surface area contributed by atoms with Crippen LogP contribution in [0.25, 0.3) is 0 Å². The third-order valence-corrected chi connectivity index (χ3v) is 5.46. The Labute approximate surface area is 173 Å². The van der Waals surface area contributed by atoms with Gasteiger partial charge in [-0.25, -0.2) is 4.79 Å². The Hall–Kier alpha value is -1.51. The van der Waals surface area contributed by atoms with E-state index < -0.39 is 17.8 Å². The second-order valence-corrected chi connectivity index (χ2v) is 7.96. The summed E-state index contributed by atoms with van der Waals surface area (Å²) in [7, 11) is 0. The van der Waals surface area contributed by atoms with E-state index in [9.17, 15) is 19.5 Å². The van der Waals surface area contributed by atoms with Crippen LogP contribution < -0.4 is 0 Å². The molecule has 2 rings (SSSR count). The van der Waals surface area contributed by atoms with E-state index in [1.165, 1.54) is 0 Å². The van der Waals surface area contributed by atoms with Gasteiger partial charge in [0.05, 0.1) is 12.2 Å². The van der Waals surface area contributed by atoms with E-state index in [0.717, 1.165) is 71.2 Å². The number of hydrogen-bond acceptors (Lipinski definition) is 7. The summed E-state index contributed by atoms with van der Waals surface area (Å²) in [6, 6.07) is 0. The SMILES string of the molecule is CCCN(CCCCCC(=O)ON1C(=O)CCC1=O)CCCC1OCCCC1O. The van der Waals surface area contributed by atoms with E-state index >= 15 is 0 Å². The van der Waals surface area contributed by atoms with Gasteiger partial charge >= 0.3 is 5.97 Å². The molecular weight excluding hydrogens is 376 g/mol. The van der Waals surface area contributed by atoms with Gasteiger partial charge in [-0.3, -0.25) is 9.59 Å². The largest absolute Gasteiger partial charge is 0.390 e. The minimum Gasteiger partial charge on any atom is -0.390 e. The first-order valence-electron chi connectivity index (χ1n) is 11.1. The van der Waals surface area contributed by atoms with E-state index in [4.69, 9.17) is 9.57 Å². The molecule has 0 radical (unpaired) electrons. The topological polar surface area (TPSA) is 96.4 Å². The molecule has 0 saturated carbocycles. The number of carbonyl (C=O) groups excluding carboxylic acids is 3. The Kier molecular flexibility index (Phi) is 10.6. The number of imide groups is 1. The number of hydroxylamine groups is 2. The van der Waals surface area contributed by atoms with E-state index in [0.29, 0.717) is 11.5 Å². The van der Waals surface area contributed by atoms with E-state index in [-0.39, 0.29) is 31.5 Å². The lowest BCUT2D eigenvalue weighted by molar-refractivity contribution is -0.197. The molecule has 2 fully saturated rings. The van der Waals surface area contributed by atoms with Crippen LogP contribution in [0.15, 0.2) is 0 Å². The van der Waals surface area contributed by atoms with Gasteiger partial charge in [0.2, 0.25) is 0 Å². The van der Waals surface area contributed by atoms with Gasteiger partial charge in [0, 0.05) is 25.9 Å². The highest BCUT2D eigenvalue weighted by molar-refractivity contribution is 6.01. The predicted molar refractivity (Wildman–Crippen MR) is 107 cm³/mol. The summed E-state index contributed by atoms with van der Waals surface area (Å²) >= 11 is 0. The molecule has 2 atom stereocenters. The second kappa shape index (κ2) is 12.9. The quantitative estimate of drug-likeness (QED) is 0.366. The summed E-state index contributed by atoms with van der Waals surface area (Å²) in [5.74, 6) is -1.40. The van der Waals surface area contributed by atoms with Crippen LogP contribution in [0.2, 0.25) is 0 Å². The van der Waals surface area contributed by atoms with E-state index in [1.807, 2.05) is 0 Å². The molecular formula is C21H36N2O6. The minimum absolute atomic E-state index is 0.0207. The van der Waals surface area contributed by atoms with Gasteiger partial charge < -0.3 is 19.6 Å². The molecule has 0 aromatic heterocycles. The smallest absolute Gasteiger partial charge is 0.333 e. The average molecular weight is 413 g/mol. The summed E-state index contributed by atoms with van der Waals surface area (Å²) in [5, 5.41) is 10.6. The number of aliphatic hydroxyl groups is 1. The molecule has 8 heteroatoms. The standard InChI is InChI=1S/C21H36N2O6/c1-2-13-22(15-6-9-18-17(24)8-7-16-28-18)14-5-3-4-10-21(27)29-23-19(25)11-12-20(23)26/h17-18,24H,2-16H2,1H3. The lowest BCUT2D eigenvalue weighted by Crippen LogP contribution is -2.35. The number of amides is 2. The van der Waals surface area contributed by atoms with Crippen molar-refractivity contribution in [2.24, 2.45) is 0 Å². The van der Waals surface area contributed by atoms with Crippen molar-refractivity contribution in [2.45, 2.75) is 89.8 Å². The fourth-order valence-electron chi connectivity index (χ4n) is 3.85. The van der Waals surface area contributed by atoms with Crippen molar-refractivity contribution in [1.82, 2.24) is 9.96 Å². The maximum absolute atomic E-state index is 11.8. The highest BCUT2D eigenvalue weighted by Gasteiger charge is 2.32. The number of carbonyl (C=O) groups is 3. The molecule has 2 unspecified atom stereocenters. The zero-order chi connectivity index (χ0) is 21.1. The minimum atomic E-state index is -0.523. The number of hydrogen-bond donors (Lipinski definition) is 1. The Morgan fingerprint density at radius 1 is 1.14 bits per heavy atom. The zero-order valence-electron chi connectivity index (χ0n) is 17.6. The normalized spacial score (nSPS) is 22.5. The molecule has 1 N–H and O–H groups in total. The van der Waals surface area contributed by atoms with Crippen molar-refractivity contribution < 1.29 is 29.1 Å². The Bertz CT molecular complexity index is 525. The summed E-state index contributed by atoms with van der Waals surface area (Å²) in [4.78, 5) is 42.0. The molecule has 166 valence electrons. The fraction of sp³-hybridized carbons (Fsp3) is 0.857.